The number of hydrogen-bond donors (Lipinski definition) is 1. The molecule has 0 unspecified atom stereocenters. The molecule has 3 aromatic rings. The van der Waals surface area contributed by atoms with Gasteiger partial charge in [0.15, 0.2) is 0 Å². The van der Waals surface area contributed by atoms with Gasteiger partial charge in [-0.15, -0.1) is 0 Å². The minimum atomic E-state index is -0.270. The van der Waals surface area contributed by atoms with Gasteiger partial charge >= 0.3 is 0 Å². The topological polar surface area (TPSA) is 71.0 Å². The minimum absolute atomic E-state index is 0.0802. The third-order valence-electron chi connectivity index (χ3n) is 4.74. The summed E-state index contributed by atoms with van der Waals surface area (Å²) in [6.45, 7) is 2.08. The Morgan fingerprint density at radius 2 is 1.96 bits per heavy atom. The fraction of sp³-hybridized carbons (Fsp3) is 0.238. The van der Waals surface area contributed by atoms with Gasteiger partial charge in [-0.3, -0.25) is 10.1 Å². The molecule has 28 heavy (non-hydrogen) atoms. The van der Waals surface area contributed by atoms with Crippen LogP contribution in [0.4, 0.5) is 0 Å². The van der Waals surface area contributed by atoms with Crippen molar-refractivity contribution < 1.29 is 13.6 Å². The third kappa shape index (κ3) is 3.88. The summed E-state index contributed by atoms with van der Waals surface area (Å²) >= 11 is 5.99. The van der Waals surface area contributed by atoms with Gasteiger partial charge in [-0.25, -0.2) is 5.01 Å². The molecule has 1 aromatic carbocycles. The predicted molar refractivity (Wildman–Crippen MR) is 106 cm³/mol. The summed E-state index contributed by atoms with van der Waals surface area (Å²) in [4.78, 5) is 12.9. The molecule has 1 amide bonds. The van der Waals surface area contributed by atoms with E-state index in [-0.39, 0.29) is 24.5 Å². The molecule has 7 heteroatoms. The highest BCUT2D eigenvalue weighted by Crippen LogP contribution is 2.33. The van der Waals surface area contributed by atoms with E-state index in [9.17, 15) is 4.79 Å². The maximum atomic E-state index is 12.9. The summed E-state index contributed by atoms with van der Waals surface area (Å²) in [6, 6.07) is 14.5. The average Bonchev–Trinajstić information content (AvgIpc) is 3.47. The third-order valence-corrected chi connectivity index (χ3v) is 5.00. The zero-order valence-corrected chi connectivity index (χ0v) is 16.1. The van der Waals surface area contributed by atoms with E-state index in [1.54, 1.807) is 12.5 Å². The maximum absolute atomic E-state index is 12.9. The average molecular weight is 398 g/mol. The van der Waals surface area contributed by atoms with E-state index < -0.39 is 0 Å². The molecule has 4 rings (SSSR count). The normalized spacial score (nSPS) is 17.6. The zero-order chi connectivity index (χ0) is 19.5. The number of rotatable bonds is 6. The van der Waals surface area contributed by atoms with Crippen molar-refractivity contribution in [3.05, 3.63) is 83.2 Å². The van der Waals surface area contributed by atoms with Crippen LogP contribution in [0.15, 0.2) is 75.0 Å². The SMILES string of the molecule is C[C@@H](NCC(=O)N1N=C(c2ccc(Cl)cc2)C[C@@H]1c1ccco1)c1ccco1. The Morgan fingerprint density at radius 3 is 2.64 bits per heavy atom. The monoisotopic (exact) mass is 397 g/mol. The Balaban J connectivity index is 1.52. The Labute approximate surface area is 167 Å². The summed E-state index contributed by atoms with van der Waals surface area (Å²) in [7, 11) is 0. The zero-order valence-electron chi connectivity index (χ0n) is 15.3. The van der Waals surface area contributed by atoms with Crippen molar-refractivity contribution in [1.29, 1.82) is 0 Å². The highest BCUT2D eigenvalue weighted by atomic mass is 35.5. The molecule has 2 atom stereocenters. The number of carbonyl (C=O) groups excluding carboxylic acids is 1. The first-order valence-corrected chi connectivity index (χ1v) is 9.45. The van der Waals surface area contributed by atoms with Crippen molar-refractivity contribution in [3.63, 3.8) is 0 Å². The van der Waals surface area contributed by atoms with Crippen LogP contribution in [-0.2, 0) is 4.79 Å². The van der Waals surface area contributed by atoms with E-state index in [1.807, 2.05) is 55.5 Å². The fourth-order valence-corrected chi connectivity index (χ4v) is 3.35. The van der Waals surface area contributed by atoms with Gasteiger partial charge in [-0.05, 0) is 48.9 Å². The van der Waals surface area contributed by atoms with Crippen molar-refractivity contribution in [1.82, 2.24) is 10.3 Å². The number of benzene rings is 1. The Bertz CT molecular complexity index is 949. The van der Waals surface area contributed by atoms with Gasteiger partial charge in [0.1, 0.15) is 17.6 Å². The first kappa shape index (κ1) is 18.5. The molecular weight excluding hydrogens is 378 g/mol. The van der Waals surface area contributed by atoms with Crippen molar-refractivity contribution in [3.8, 4) is 0 Å². The van der Waals surface area contributed by atoms with Crippen LogP contribution in [0.1, 0.15) is 42.5 Å². The summed E-state index contributed by atoms with van der Waals surface area (Å²) in [6.07, 6.45) is 3.80. The Morgan fingerprint density at radius 1 is 1.21 bits per heavy atom. The van der Waals surface area contributed by atoms with Crippen LogP contribution in [0.2, 0.25) is 5.02 Å². The molecule has 1 aliphatic rings. The molecule has 0 saturated heterocycles. The molecule has 0 fully saturated rings. The number of halogens is 1. The van der Waals surface area contributed by atoms with Crippen LogP contribution >= 0.6 is 11.6 Å². The number of hydrogen-bond acceptors (Lipinski definition) is 5. The summed E-state index contributed by atoms with van der Waals surface area (Å²) in [5.41, 5.74) is 1.76. The number of hydrazone groups is 1. The lowest BCUT2D eigenvalue weighted by molar-refractivity contribution is -0.132. The summed E-state index contributed by atoms with van der Waals surface area (Å²) in [5, 5.41) is 9.95. The van der Waals surface area contributed by atoms with E-state index in [0.717, 1.165) is 17.0 Å². The first-order chi connectivity index (χ1) is 13.6. The van der Waals surface area contributed by atoms with Crippen LogP contribution in [0, 0.1) is 0 Å². The number of amides is 1. The number of nitrogens with zero attached hydrogens (tertiary/aromatic N) is 2. The molecule has 6 nitrogen and oxygen atoms in total. The minimum Gasteiger partial charge on any atom is -0.468 e. The molecule has 0 bridgehead atoms. The number of nitrogens with one attached hydrogen (secondary N) is 1. The Kier molecular flexibility index (Phi) is 5.32. The van der Waals surface area contributed by atoms with Gasteiger partial charge in [0, 0.05) is 11.4 Å². The quantitative estimate of drug-likeness (QED) is 0.662. The van der Waals surface area contributed by atoms with Crippen molar-refractivity contribution >= 4 is 23.2 Å². The lowest BCUT2D eigenvalue weighted by atomic mass is 10.0. The molecule has 0 saturated carbocycles. The van der Waals surface area contributed by atoms with Gasteiger partial charge < -0.3 is 8.83 Å². The highest BCUT2D eigenvalue weighted by molar-refractivity contribution is 6.30. The van der Waals surface area contributed by atoms with Crippen LogP contribution in [-0.4, -0.2) is 23.2 Å². The van der Waals surface area contributed by atoms with E-state index >= 15 is 0 Å². The molecule has 3 heterocycles. The fourth-order valence-electron chi connectivity index (χ4n) is 3.22. The lowest BCUT2D eigenvalue weighted by Crippen LogP contribution is -2.36. The molecule has 2 aromatic heterocycles. The first-order valence-electron chi connectivity index (χ1n) is 9.07. The Hall–Kier alpha value is -2.83. The number of furan rings is 2. The van der Waals surface area contributed by atoms with E-state index in [4.69, 9.17) is 20.4 Å². The van der Waals surface area contributed by atoms with Gasteiger partial charge in [0.25, 0.3) is 5.91 Å². The van der Waals surface area contributed by atoms with Crippen molar-refractivity contribution in [2.45, 2.75) is 25.4 Å². The molecule has 0 spiro atoms. The molecule has 0 radical (unpaired) electrons. The molecule has 1 N–H and O–H groups in total. The second kappa shape index (κ2) is 8.04. The summed E-state index contributed by atoms with van der Waals surface area (Å²) in [5.74, 6) is 1.35. The van der Waals surface area contributed by atoms with Crippen molar-refractivity contribution in [2.24, 2.45) is 5.10 Å². The second-order valence-corrected chi connectivity index (χ2v) is 7.08. The van der Waals surface area contributed by atoms with E-state index in [1.165, 1.54) is 5.01 Å². The molecule has 0 aliphatic carbocycles. The largest absolute Gasteiger partial charge is 0.468 e. The molecule has 1 aliphatic heterocycles. The van der Waals surface area contributed by atoms with E-state index in [0.29, 0.717) is 17.2 Å². The van der Waals surface area contributed by atoms with Crippen LogP contribution in [0.25, 0.3) is 0 Å². The predicted octanol–water partition coefficient (Wildman–Crippen LogP) is 4.55. The maximum Gasteiger partial charge on any atom is 0.257 e. The van der Waals surface area contributed by atoms with Crippen LogP contribution in [0.3, 0.4) is 0 Å². The molecular formula is C21H20ClN3O3. The highest BCUT2D eigenvalue weighted by Gasteiger charge is 2.34. The smallest absolute Gasteiger partial charge is 0.257 e. The lowest BCUT2D eigenvalue weighted by Gasteiger charge is -2.21. The van der Waals surface area contributed by atoms with Gasteiger partial charge in [0.05, 0.1) is 30.8 Å². The van der Waals surface area contributed by atoms with Gasteiger partial charge in [-0.2, -0.15) is 5.10 Å². The van der Waals surface area contributed by atoms with Crippen LogP contribution in [0.5, 0.6) is 0 Å². The van der Waals surface area contributed by atoms with Crippen molar-refractivity contribution in [2.75, 3.05) is 6.54 Å². The number of carbonyl (C=O) groups is 1. The van der Waals surface area contributed by atoms with E-state index in [2.05, 4.69) is 10.4 Å². The second-order valence-electron chi connectivity index (χ2n) is 6.65. The van der Waals surface area contributed by atoms with Gasteiger partial charge in [-0.1, -0.05) is 23.7 Å². The van der Waals surface area contributed by atoms with Gasteiger partial charge in [0.2, 0.25) is 0 Å². The standard InChI is InChI=1S/C21H20ClN3O3/c1-14(19-4-2-10-27-19)23-13-21(26)25-18(20-5-3-11-28-20)12-17(24-25)15-6-8-16(22)9-7-15/h2-11,14,18,23H,12-13H2,1H3/t14-,18-/m1/s1. The molecule has 144 valence electrons. The summed E-state index contributed by atoms with van der Waals surface area (Å²) < 4.78 is 10.9. The van der Waals surface area contributed by atoms with Crippen LogP contribution < -0.4 is 5.32 Å².